The topological polar surface area (TPSA) is 0 Å². The molecular weight excluding hydrogens is 143 g/mol. The van der Waals surface area contributed by atoms with Gasteiger partial charge in [-0.05, 0) is 0 Å². The van der Waals surface area contributed by atoms with Crippen LogP contribution in [0.1, 0.15) is 0 Å². The summed E-state index contributed by atoms with van der Waals surface area (Å²) < 4.78 is 1.38. The molecule has 0 heterocycles. The zero-order chi connectivity index (χ0) is 5.82. The van der Waals surface area contributed by atoms with Crippen molar-refractivity contribution in [1.29, 1.82) is 0 Å². The van der Waals surface area contributed by atoms with Gasteiger partial charge in [0.05, 0.1) is 0 Å². The molecule has 0 amide bonds. The molecule has 0 spiro atoms. The molecule has 0 aliphatic rings. The van der Waals surface area contributed by atoms with Crippen molar-refractivity contribution < 1.29 is 14.7 Å². The number of rotatable bonds is 1. The molecule has 8 heavy (non-hydrogen) atoms. The predicted octanol–water partition coefficient (Wildman–Crippen LogP) is 1.44. The van der Waals surface area contributed by atoms with Gasteiger partial charge in [-0.3, -0.25) is 0 Å². The molecule has 0 bridgehead atoms. The van der Waals surface area contributed by atoms with Gasteiger partial charge in [-0.2, -0.15) is 0 Å². The van der Waals surface area contributed by atoms with E-state index in [0.717, 1.165) is 0 Å². The van der Waals surface area contributed by atoms with E-state index in [1.807, 2.05) is 6.07 Å². The van der Waals surface area contributed by atoms with Gasteiger partial charge in [0.15, 0.2) is 0 Å². The second-order valence-corrected chi connectivity index (χ2v) is 2.56. The van der Waals surface area contributed by atoms with Crippen molar-refractivity contribution in [3.63, 3.8) is 0 Å². The van der Waals surface area contributed by atoms with E-state index in [9.17, 15) is 0 Å². The third kappa shape index (κ3) is 1.35. The Kier molecular flexibility index (Phi) is 2.12. The van der Waals surface area contributed by atoms with Crippen LogP contribution in [-0.2, 0) is 14.7 Å². The maximum atomic E-state index is 2.13. The molecule has 1 rings (SSSR count). The minimum absolute atomic E-state index is 1.38. The van der Waals surface area contributed by atoms with Crippen LogP contribution in [0.25, 0.3) is 0 Å². The summed E-state index contributed by atoms with van der Waals surface area (Å²) in [6.45, 7) is 0. The molecule has 0 saturated heterocycles. The van der Waals surface area contributed by atoms with Crippen molar-refractivity contribution in [1.82, 2.24) is 0 Å². The van der Waals surface area contributed by atoms with Gasteiger partial charge in [-0.1, -0.05) is 0 Å². The van der Waals surface area contributed by atoms with Crippen LogP contribution < -0.4 is 4.50 Å². The molecule has 1 heteroatoms. The summed E-state index contributed by atoms with van der Waals surface area (Å²) in [5.41, 5.74) is 0. The third-order valence-electron chi connectivity index (χ3n) is 0.911. The Hall–Kier alpha value is -0.274. The van der Waals surface area contributed by atoms with Crippen LogP contribution in [-0.4, -0.2) is 0 Å². The van der Waals surface area contributed by atoms with Crippen LogP contribution in [0, 0.1) is 0 Å². The number of hydrogen-bond donors (Lipinski definition) is 0. The van der Waals surface area contributed by atoms with Crippen molar-refractivity contribution in [2.24, 2.45) is 0 Å². The number of hydrogen-bond acceptors (Lipinski definition) is 0. The monoisotopic (exact) mass is 151 g/mol. The van der Waals surface area contributed by atoms with Gasteiger partial charge in [0.1, 0.15) is 0 Å². The minimum atomic E-state index is 1.38. The van der Waals surface area contributed by atoms with E-state index in [1.165, 1.54) is 19.2 Å². The molecule has 0 aromatic heterocycles. The number of benzene rings is 1. The van der Waals surface area contributed by atoms with Gasteiger partial charge in [0, 0.05) is 0 Å². The normalized spacial score (nSPS) is 9.62. The fraction of sp³-hybridized carbons (Fsp3) is 0.143. The molecule has 0 saturated carbocycles. The Balaban J connectivity index is 2.83. The Morgan fingerprint density at radius 1 is 1.12 bits per heavy atom. The Morgan fingerprint density at radius 2 is 1.75 bits per heavy atom. The van der Waals surface area contributed by atoms with Crippen molar-refractivity contribution in [3.8, 4) is 0 Å². The van der Waals surface area contributed by atoms with Crippen molar-refractivity contribution in [2.75, 3.05) is 0 Å². The molecule has 0 fully saturated rings. The van der Waals surface area contributed by atoms with E-state index in [0.29, 0.717) is 0 Å². The van der Waals surface area contributed by atoms with Crippen molar-refractivity contribution in [2.45, 2.75) is 5.86 Å². The first kappa shape index (κ1) is 5.86. The second-order valence-electron chi connectivity index (χ2n) is 1.44. The SMILES string of the molecule is [CH3][Co][c]1ccccc1. The second kappa shape index (κ2) is 2.90. The molecule has 0 atom stereocenters. The predicted molar refractivity (Wildman–Crippen MR) is 31.9 cm³/mol. The molecule has 1 aromatic rings. The van der Waals surface area contributed by atoms with Crippen LogP contribution in [0.3, 0.4) is 0 Å². The van der Waals surface area contributed by atoms with Crippen LogP contribution in [0.5, 0.6) is 0 Å². The Bertz CT molecular complexity index is 146. The summed E-state index contributed by atoms with van der Waals surface area (Å²) in [6.07, 6.45) is 0. The molecule has 0 N–H and O–H groups in total. The summed E-state index contributed by atoms with van der Waals surface area (Å²) >= 11 is 1.38. The van der Waals surface area contributed by atoms with E-state index >= 15 is 0 Å². The van der Waals surface area contributed by atoms with Crippen LogP contribution >= 0.6 is 0 Å². The van der Waals surface area contributed by atoms with E-state index in [4.69, 9.17) is 0 Å². The van der Waals surface area contributed by atoms with Crippen LogP contribution in [0.4, 0.5) is 0 Å². The molecule has 0 aliphatic carbocycles. The van der Waals surface area contributed by atoms with Gasteiger partial charge in [-0.15, -0.1) is 0 Å². The summed E-state index contributed by atoms with van der Waals surface area (Å²) in [5, 5.41) is 0. The third-order valence-corrected chi connectivity index (χ3v) is 1.86. The molecular formula is C7H8Co. The quantitative estimate of drug-likeness (QED) is 0.569. The zero-order valence-corrected chi connectivity index (χ0v) is 5.76. The van der Waals surface area contributed by atoms with Gasteiger partial charge < -0.3 is 0 Å². The molecule has 45 valence electrons. The van der Waals surface area contributed by atoms with E-state index in [-0.39, 0.29) is 0 Å². The summed E-state index contributed by atoms with van der Waals surface area (Å²) in [7, 11) is 0. The Labute approximate surface area is 55.9 Å². The first-order valence-corrected chi connectivity index (χ1v) is 3.97. The first-order chi connectivity index (χ1) is 3.93. The molecule has 1 aromatic carbocycles. The molecule has 0 nitrogen and oxygen atoms in total. The average Bonchev–Trinajstić information content (AvgIpc) is 1.90. The van der Waals surface area contributed by atoms with Crippen LogP contribution in [0.2, 0.25) is 5.86 Å². The zero-order valence-electron chi connectivity index (χ0n) is 4.72. The fourth-order valence-corrected chi connectivity index (χ4v) is 1.06. The summed E-state index contributed by atoms with van der Waals surface area (Å²) in [6, 6.07) is 10.4. The fourth-order valence-electron chi connectivity index (χ4n) is 0.517. The van der Waals surface area contributed by atoms with Gasteiger partial charge in [0.25, 0.3) is 0 Å². The standard InChI is InChI=1S/C6H5.CH3.Co/c1-2-4-6-5-3-1;;/h1-5H;1H3;. The van der Waals surface area contributed by atoms with Crippen molar-refractivity contribution in [3.05, 3.63) is 30.3 Å². The average molecular weight is 151 g/mol. The summed E-state index contributed by atoms with van der Waals surface area (Å²) in [5.74, 6) is 2.13. The maximum absolute atomic E-state index is 2.13. The van der Waals surface area contributed by atoms with Gasteiger partial charge >= 0.3 is 55.4 Å². The first-order valence-electron chi connectivity index (χ1n) is 2.41. The van der Waals surface area contributed by atoms with Crippen LogP contribution in [0.15, 0.2) is 30.3 Å². The summed E-state index contributed by atoms with van der Waals surface area (Å²) in [4.78, 5) is 0. The molecule has 0 radical (unpaired) electrons. The molecule has 0 unspecified atom stereocenters. The van der Waals surface area contributed by atoms with Gasteiger partial charge in [0.2, 0.25) is 0 Å². The molecule has 0 aliphatic heterocycles. The van der Waals surface area contributed by atoms with E-state index in [1.54, 1.807) is 0 Å². The van der Waals surface area contributed by atoms with Crippen molar-refractivity contribution >= 4 is 4.50 Å². The van der Waals surface area contributed by atoms with Gasteiger partial charge in [-0.25, -0.2) is 0 Å². The van der Waals surface area contributed by atoms with E-state index in [2.05, 4.69) is 30.1 Å². The van der Waals surface area contributed by atoms with E-state index < -0.39 is 0 Å². The Morgan fingerprint density at radius 3 is 2.12 bits per heavy atom.